The maximum Gasteiger partial charge on any atom is 0.229 e. The molecule has 0 radical (unpaired) electrons. The van der Waals surface area contributed by atoms with Gasteiger partial charge in [0.25, 0.3) is 0 Å². The summed E-state index contributed by atoms with van der Waals surface area (Å²) in [5.74, 6) is 1.34. The molecule has 3 aliphatic heterocycles. The lowest BCUT2D eigenvalue weighted by Crippen LogP contribution is -2.27. The largest absolute Gasteiger partial charge is 0.492 e. The van der Waals surface area contributed by atoms with Crippen molar-refractivity contribution in [3.63, 3.8) is 0 Å². The number of nitrogens with one attached hydrogen (secondary N) is 2. The highest BCUT2D eigenvalue weighted by molar-refractivity contribution is 5.72. The summed E-state index contributed by atoms with van der Waals surface area (Å²) in [5, 5.41) is 15.2. The topological polar surface area (TPSA) is 93.0 Å². The Morgan fingerprint density at radius 1 is 1.07 bits per heavy atom. The van der Waals surface area contributed by atoms with Crippen molar-refractivity contribution < 1.29 is 4.74 Å². The van der Waals surface area contributed by atoms with Crippen LogP contribution in [0.25, 0.3) is 16.9 Å². The molecule has 0 saturated carbocycles. The summed E-state index contributed by atoms with van der Waals surface area (Å²) in [4.78, 5) is 11.4. The second-order valence-electron chi connectivity index (χ2n) is 7.29. The van der Waals surface area contributed by atoms with Gasteiger partial charge in [-0.2, -0.15) is 9.67 Å². The molecular formula is C21H24N8O. The number of benzene rings is 1. The van der Waals surface area contributed by atoms with E-state index in [2.05, 4.69) is 54.2 Å². The van der Waals surface area contributed by atoms with Gasteiger partial charge in [0.15, 0.2) is 11.2 Å². The number of rotatable bonds is 0. The van der Waals surface area contributed by atoms with Crippen molar-refractivity contribution in [3.8, 4) is 11.4 Å². The molecule has 0 saturated heterocycles. The van der Waals surface area contributed by atoms with Crippen LogP contribution in [-0.2, 0) is 0 Å². The van der Waals surface area contributed by atoms with E-state index in [-0.39, 0.29) is 0 Å². The third kappa shape index (κ3) is 4.11. The molecule has 0 aliphatic carbocycles. The van der Waals surface area contributed by atoms with Crippen LogP contribution in [-0.4, -0.2) is 62.6 Å². The van der Waals surface area contributed by atoms with Crippen LogP contribution in [0.3, 0.4) is 0 Å². The van der Waals surface area contributed by atoms with Crippen molar-refractivity contribution in [1.82, 2.24) is 35.2 Å². The second-order valence-corrected chi connectivity index (χ2v) is 7.29. The van der Waals surface area contributed by atoms with Crippen molar-refractivity contribution in [1.29, 1.82) is 0 Å². The number of anilines is 1. The monoisotopic (exact) mass is 404 g/mol. The summed E-state index contributed by atoms with van der Waals surface area (Å²) in [6.07, 6.45) is 10.2. The maximum absolute atomic E-state index is 5.83. The first-order valence-corrected chi connectivity index (χ1v) is 10.3. The summed E-state index contributed by atoms with van der Waals surface area (Å²) in [6, 6.07) is 7.78. The minimum absolute atomic E-state index is 0.517. The average molecular weight is 404 g/mol. The fourth-order valence-electron chi connectivity index (χ4n) is 3.55. The number of allylic oxidation sites excluding steroid dienone is 1. The van der Waals surface area contributed by atoms with E-state index in [0.717, 1.165) is 56.2 Å². The van der Waals surface area contributed by atoms with Gasteiger partial charge in [-0.3, -0.25) is 0 Å². The summed E-state index contributed by atoms with van der Waals surface area (Å²) in [5.41, 5.74) is 3.13. The lowest BCUT2D eigenvalue weighted by atomic mass is 10.3. The number of hydrogen-bond donors (Lipinski definition) is 2. The summed E-state index contributed by atoms with van der Waals surface area (Å²) >= 11 is 0. The van der Waals surface area contributed by atoms with Crippen LogP contribution < -0.4 is 15.4 Å². The molecule has 0 spiro atoms. The molecule has 6 bridgehead atoms. The zero-order valence-corrected chi connectivity index (χ0v) is 16.7. The van der Waals surface area contributed by atoms with E-state index in [9.17, 15) is 0 Å². The van der Waals surface area contributed by atoms with E-state index in [0.29, 0.717) is 23.7 Å². The Balaban J connectivity index is 1.51. The van der Waals surface area contributed by atoms with Crippen LogP contribution in [0.4, 0.5) is 5.95 Å². The van der Waals surface area contributed by atoms with Gasteiger partial charge in [0.2, 0.25) is 5.95 Å². The SMILES string of the molecule is C1=CC2=CN(CC1)CCCNCCOc1ccc(cc1)-n1nnc3cnc(nc31)N2. The van der Waals surface area contributed by atoms with E-state index < -0.39 is 0 Å². The van der Waals surface area contributed by atoms with E-state index in [1.54, 1.807) is 10.9 Å². The molecule has 3 aliphatic rings. The first-order chi connectivity index (χ1) is 14.8. The number of hydrogen-bond acceptors (Lipinski definition) is 8. The van der Waals surface area contributed by atoms with Gasteiger partial charge in [0, 0.05) is 25.8 Å². The Morgan fingerprint density at radius 2 is 2.00 bits per heavy atom. The fourth-order valence-corrected chi connectivity index (χ4v) is 3.55. The summed E-state index contributed by atoms with van der Waals surface area (Å²) < 4.78 is 7.55. The molecule has 154 valence electrons. The number of aromatic nitrogens is 5. The molecule has 1 aromatic carbocycles. The van der Waals surface area contributed by atoms with Gasteiger partial charge in [-0.15, -0.1) is 5.10 Å². The lowest BCUT2D eigenvalue weighted by Gasteiger charge is -2.20. The van der Waals surface area contributed by atoms with E-state index in [4.69, 9.17) is 4.74 Å². The molecule has 0 unspecified atom stereocenters. The molecule has 2 aromatic heterocycles. The first kappa shape index (κ1) is 18.6. The van der Waals surface area contributed by atoms with Gasteiger partial charge in [-0.25, -0.2) is 4.98 Å². The van der Waals surface area contributed by atoms with Gasteiger partial charge < -0.3 is 20.3 Å². The van der Waals surface area contributed by atoms with Crippen LogP contribution in [0.15, 0.2) is 54.5 Å². The Morgan fingerprint density at radius 3 is 2.93 bits per heavy atom. The van der Waals surface area contributed by atoms with Crippen LogP contribution in [0.1, 0.15) is 12.8 Å². The van der Waals surface area contributed by atoms with Gasteiger partial charge >= 0.3 is 0 Å². The molecule has 9 nitrogen and oxygen atoms in total. The van der Waals surface area contributed by atoms with Gasteiger partial charge in [-0.1, -0.05) is 11.3 Å². The zero-order valence-electron chi connectivity index (χ0n) is 16.7. The fraction of sp³-hybridized carbons (Fsp3) is 0.333. The minimum Gasteiger partial charge on any atom is -0.492 e. The molecular weight excluding hydrogens is 380 g/mol. The molecule has 6 rings (SSSR count). The quantitative estimate of drug-likeness (QED) is 0.588. The Bertz CT molecular complexity index is 1070. The molecule has 9 heteroatoms. The van der Waals surface area contributed by atoms with Crippen molar-refractivity contribution >= 4 is 17.1 Å². The molecule has 3 aromatic rings. The number of ether oxygens (including phenoxy) is 1. The van der Waals surface area contributed by atoms with E-state index in [1.165, 1.54) is 0 Å². The van der Waals surface area contributed by atoms with Crippen molar-refractivity contribution in [2.45, 2.75) is 12.8 Å². The standard InChI is InChI=1S/C21H24N8O/c1-2-11-28-12-3-9-22-10-13-30-18-7-5-17(6-8-18)29-20-19(26-27-29)14-23-21(25-20)24-16(4-1)15-28/h1,4-8,14-15,22H,2-3,9-13H2,(H,23,24,25). The highest BCUT2D eigenvalue weighted by Crippen LogP contribution is 2.19. The highest BCUT2D eigenvalue weighted by Gasteiger charge is 2.12. The van der Waals surface area contributed by atoms with Gasteiger partial charge in [0.05, 0.1) is 17.6 Å². The molecule has 2 N–H and O–H groups in total. The third-order valence-corrected chi connectivity index (χ3v) is 5.08. The van der Waals surface area contributed by atoms with Crippen LogP contribution in [0, 0.1) is 0 Å². The van der Waals surface area contributed by atoms with Crippen molar-refractivity contribution in [2.75, 3.05) is 38.1 Å². The number of fused-ring (bicyclic) bond motifs is 8. The van der Waals surface area contributed by atoms with Gasteiger partial charge in [0.1, 0.15) is 12.4 Å². The smallest absolute Gasteiger partial charge is 0.229 e. The van der Waals surface area contributed by atoms with Crippen LogP contribution in [0.5, 0.6) is 5.75 Å². The molecule has 5 heterocycles. The lowest BCUT2D eigenvalue weighted by molar-refractivity contribution is 0.310. The van der Waals surface area contributed by atoms with Gasteiger partial charge in [-0.05, 0) is 49.7 Å². The summed E-state index contributed by atoms with van der Waals surface area (Å²) in [6.45, 7) is 4.38. The summed E-state index contributed by atoms with van der Waals surface area (Å²) in [7, 11) is 0. The van der Waals surface area contributed by atoms with Crippen LogP contribution in [0.2, 0.25) is 0 Å². The normalized spacial score (nSPS) is 17.5. The minimum atomic E-state index is 0.517. The Labute approximate surface area is 174 Å². The highest BCUT2D eigenvalue weighted by atomic mass is 16.5. The number of nitrogens with zero attached hydrogens (tertiary/aromatic N) is 6. The molecule has 0 atom stereocenters. The third-order valence-electron chi connectivity index (χ3n) is 5.08. The van der Waals surface area contributed by atoms with Crippen LogP contribution >= 0.6 is 0 Å². The first-order valence-electron chi connectivity index (χ1n) is 10.3. The van der Waals surface area contributed by atoms with Crippen molar-refractivity contribution in [3.05, 3.63) is 54.5 Å². The predicted octanol–water partition coefficient (Wildman–Crippen LogP) is 2.10. The second kappa shape index (κ2) is 8.50. The Hall–Kier alpha value is -3.46. The van der Waals surface area contributed by atoms with Crippen molar-refractivity contribution in [2.24, 2.45) is 0 Å². The van der Waals surface area contributed by atoms with E-state index in [1.807, 2.05) is 24.3 Å². The molecule has 30 heavy (non-hydrogen) atoms. The predicted molar refractivity (Wildman–Crippen MR) is 114 cm³/mol. The Kier molecular flexibility index (Phi) is 5.26. The average Bonchev–Trinajstić information content (AvgIpc) is 3.05. The zero-order chi connectivity index (χ0) is 20.2. The molecule has 0 fully saturated rings. The van der Waals surface area contributed by atoms with E-state index >= 15 is 0 Å². The molecule has 0 amide bonds. The maximum atomic E-state index is 5.83.